The summed E-state index contributed by atoms with van der Waals surface area (Å²) >= 11 is 0. The third kappa shape index (κ3) is 4.98. The Hall–Kier alpha value is -3.52. The van der Waals surface area contributed by atoms with Crippen LogP contribution in [0.4, 0.5) is 13.2 Å². The zero-order valence-corrected chi connectivity index (χ0v) is 19.6. The van der Waals surface area contributed by atoms with E-state index in [0.29, 0.717) is 36.4 Å². The number of ether oxygens (including phenoxy) is 2. The lowest BCUT2D eigenvalue weighted by molar-refractivity contribution is -0.124. The van der Waals surface area contributed by atoms with Gasteiger partial charge in [0.25, 0.3) is 0 Å². The van der Waals surface area contributed by atoms with Crippen LogP contribution in [0, 0.1) is 17.5 Å². The SMILES string of the molecule is COc1cc2c(cc1OC)C(CCc1cc(F)c(F)c(F)c1)N(C(C(N)=O)c1ccccc1)CC2. The maximum atomic E-state index is 13.8. The highest BCUT2D eigenvalue weighted by molar-refractivity contribution is 5.81. The van der Waals surface area contributed by atoms with Crippen LogP contribution < -0.4 is 15.2 Å². The van der Waals surface area contributed by atoms with E-state index in [-0.39, 0.29) is 12.5 Å². The highest BCUT2D eigenvalue weighted by Crippen LogP contribution is 2.43. The highest BCUT2D eigenvalue weighted by atomic mass is 19.2. The number of hydrogen-bond acceptors (Lipinski definition) is 4. The summed E-state index contributed by atoms with van der Waals surface area (Å²) in [6, 6.07) is 14.0. The predicted molar refractivity (Wildman–Crippen MR) is 126 cm³/mol. The fourth-order valence-corrected chi connectivity index (χ4v) is 4.89. The lowest BCUT2D eigenvalue weighted by atomic mass is 9.86. The van der Waals surface area contributed by atoms with Crippen molar-refractivity contribution in [3.63, 3.8) is 0 Å². The molecule has 0 saturated heterocycles. The highest BCUT2D eigenvalue weighted by Gasteiger charge is 2.36. The van der Waals surface area contributed by atoms with Crippen molar-refractivity contribution < 1.29 is 27.4 Å². The van der Waals surface area contributed by atoms with E-state index < -0.39 is 29.4 Å². The van der Waals surface area contributed by atoms with Crippen molar-refractivity contribution in [2.24, 2.45) is 5.73 Å². The molecule has 8 heteroatoms. The van der Waals surface area contributed by atoms with Crippen LogP contribution in [-0.2, 0) is 17.6 Å². The Labute approximate surface area is 202 Å². The Morgan fingerprint density at radius 2 is 1.66 bits per heavy atom. The van der Waals surface area contributed by atoms with Gasteiger partial charge in [-0.15, -0.1) is 0 Å². The van der Waals surface area contributed by atoms with Gasteiger partial charge in [0.2, 0.25) is 5.91 Å². The van der Waals surface area contributed by atoms with E-state index in [1.165, 1.54) is 0 Å². The van der Waals surface area contributed by atoms with Gasteiger partial charge in [-0.25, -0.2) is 13.2 Å². The topological polar surface area (TPSA) is 64.8 Å². The molecule has 5 nitrogen and oxygen atoms in total. The van der Waals surface area contributed by atoms with Gasteiger partial charge in [-0.2, -0.15) is 0 Å². The minimum Gasteiger partial charge on any atom is -0.493 e. The average molecular weight is 485 g/mol. The standard InChI is InChI=1S/C27H27F3N2O3/c1-34-23-14-18-10-11-32(26(27(31)33)17-6-4-3-5-7-17)22(19(18)15-24(23)35-2)9-8-16-12-20(28)25(30)21(29)13-16/h3-7,12-15,22,26H,8-11H2,1-2H3,(H2,31,33). The second kappa shape index (κ2) is 10.4. The monoisotopic (exact) mass is 484 g/mol. The average Bonchev–Trinajstić information content (AvgIpc) is 2.86. The number of nitrogens with zero attached hydrogens (tertiary/aromatic N) is 1. The molecule has 1 aliphatic heterocycles. The molecule has 2 atom stereocenters. The number of rotatable bonds is 8. The third-order valence-electron chi connectivity index (χ3n) is 6.51. The van der Waals surface area contributed by atoms with Crippen molar-refractivity contribution in [3.05, 3.63) is 94.3 Å². The van der Waals surface area contributed by atoms with Crippen LogP contribution in [0.2, 0.25) is 0 Å². The van der Waals surface area contributed by atoms with Gasteiger partial charge in [0.05, 0.1) is 14.2 Å². The summed E-state index contributed by atoms with van der Waals surface area (Å²) in [6.45, 7) is 0.530. The number of methoxy groups -OCH3 is 2. The van der Waals surface area contributed by atoms with E-state index in [9.17, 15) is 18.0 Å². The second-order valence-electron chi connectivity index (χ2n) is 8.54. The minimum absolute atomic E-state index is 0.253. The minimum atomic E-state index is -1.49. The Bertz CT molecular complexity index is 1200. The first-order chi connectivity index (χ1) is 16.8. The van der Waals surface area contributed by atoms with Crippen molar-refractivity contribution in [1.82, 2.24) is 4.90 Å². The number of halogens is 3. The number of hydrogen-bond donors (Lipinski definition) is 1. The molecule has 0 fully saturated rings. The molecule has 0 bridgehead atoms. The van der Waals surface area contributed by atoms with Crippen LogP contribution in [0.5, 0.6) is 11.5 Å². The number of fused-ring (bicyclic) bond motifs is 1. The fourth-order valence-electron chi connectivity index (χ4n) is 4.89. The molecule has 1 amide bonds. The van der Waals surface area contributed by atoms with Crippen molar-refractivity contribution in [3.8, 4) is 11.5 Å². The Balaban J connectivity index is 1.77. The number of carbonyl (C=O) groups is 1. The third-order valence-corrected chi connectivity index (χ3v) is 6.51. The van der Waals surface area contributed by atoms with E-state index in [4.69, 9.17) is 15.2 Å². The molecular formula is C27H27F3N2O3. The van der Waals surface area contributed by atoms with Crippen LogP contribution in [0.25, 0.3) is 0 Å². The van der Waals surface area contributed by atoms with E-state index in [1.807, 2.05) is 47.4 Å². The van der Waals surface area contributed by atoms with Crippen molar-refractivity contribution >= 4 is 5.91 Å². The molecule has 3 aromatic carbocycles. The zero-order valence-electron chi connectivity index (χ0n) is 19.6. The quantitative estimate of drug-likeness (QED) is 0.463. The summed E-state index contributed by atoms with van der Waals surface area (Å²) in [5.74, 6) is -3.32. The van der Waals surface area contributed by atoms with E-state index in [2.05, 4.69) is 0 Å². The van der Waals surface area contributed by atoms with Crippen LogP contribution >= 0.6 is 0 Å². The number of primary amides is 1. The van der Waals surface area contributed by atoms with Gasteiger partial charge in [0, 0.05) is 12.6 Å². The first-order valence-electron chi connectivity index (χ1n) is 11.3. The smallest absolute Gasteiger partial charge is 0.239 e. The second-order valence-corrected chi connectivity index (χ2v) is 8.54. The molecule has 0 saturated carbocycles. The molecule has 0 spiro atoms. The molecule has 35 heavy (non-hydrogen) atoms. The molecule has 3 aromatic rings. The largest absolute Gasteiger partial charge is 0.493 e. The molecule has 0 radical (unpaired) electrons. The van der Waals surface area contributed by atoms with Gasteiger partial charge in [0.15, 0.2) is 29.0 Å². The Morgan fingerprint density at radius 1 is 1.03 bits per heavy atom. The van der Waals surface area contributed by atoms with Crippen LogP contribution in [-0.4, -0.2) is 31.6 Å². The van der Waals surface area contributed by atoms with Gasteiger partial charge in [-0.05, 0) is 65.8 Å². The molecule has 2 N–H and O–H groups in total. The Morgan fingerprint density at radius 3 is 2.26 bits per heavy atom. The number of benzene rings is 3. The number of aryl methyl sites for hydroxylation is 1. The molecular weight excluding hydrogens is 457 g/mol. The number of amides is 1. The first kappa shape index (κ1) is 24.6. The summed E-state index contributed by atoms with van der Waals surface area (Å²) < 4.78 is 52.1. The summed E-state index contributed by atoms with van der Waals surface area (Å²) in [5.41, 5.74) is 8.90. The van der Waals surface area contributed by atoms with Gasteiger partial charge in [-0.3, -0.25) is 9.69 Å². The summed E-state index contributed by atoms with van der Waals surface area (Å²) in [7, 11) is 3.10. The molecule has 184 valence electrons. The maximum absolute atomic E-state index is 13.8. The van der Waals surface area contributed by atoms with Gasteiger partial charge >= 0.3 is 0 Å². The predicted octanol–water partition coefficient (Wildman–Crippen LogP) is 4.88. The summed E-state index contributed by atoms with van der Waals surface area (Å²) in [4.78, 5) is 14.7. The van der Waals surface area contributed by atoms with Crippen molar-refractivity contribution in [1.29, 1.82) is 0 Å². The molecule has 0 aliphatic carbocycles. The van der Waals surface area contributed by atoms with E-state index >= 15 is 0 Å². The lowest BCUT2D eigenvalue weighted by Crippen LogP contribution is -2.44. The molecule has 2 unspecified atom stereocenters. The van der Waals surface area contributed by atoms with E-state index in [0.717, 1.165) is 28.8 Å². The van der Waals surface area contributed by atoms with Crippen LogP contribution in [0.3, 0.4) is 0 Å². The molecule has 0 aromatic heterocycles. The fraction of sp³-hybridized carbons (Fsp3) is 0.296. The van der Waals surface area contributed by atoms with E-state index in [1.54, 1.807) is 14.2 Å². The Kier molecular flexibility index (Phi) is 7.31. The molecule has 1 aliphatic rings. The molecule has 1 heterocycles. The van der Waals surface area contributed by atoms with Crippen LogP contribution in [0.15, 0.2) is 54.6 Å². The van der Waals surface area contributed by atoms with Gasteiger partial charge in [0.1, 0.15) is 6.04 Å². The number of nitrogens with two attached hydrogens (primary N) is 1. The maximum Gasteiger partial charge on any atom is 0.239 e. The van der Waals surface area contributed by atoms with Crippen LogP contribution in [0.1, 0.15) is 40.8 Å². The van der Waals surface area contributed by atoms with Gasteiger partial charge in [-0.1, -0.05) is 30.3 Å². The lowest BCUT2D eigenvalue weighted by Gasteiger charge is -2.41. The zero-order chi connectivity index (χ0) is 25.1. The van der Waals surface area contributed by atoms with Crippen molar-refractivity contribution in [2.75, 3.05) is 20.8 Å². The normalized spacial score (nSPS) is 16.4. The van der Waals surface area contributed by atoms with Crippen molar-refractivity contribution in [2.45, 2.75) is 31.3 Å². The molecule has 4 rings (SSSR count). The summed E-state index contributed by atoms with van der Waals surface area (Å²) in [6.07, 6.45) is 1.30. The first-order valence-corrected chi connectivity index (χ1v) is 11.3. The van der Waals surface area contributed by atoms with Gasteiger partial charge < -0.3 is 15.2 Å². The number of carbonyl (C=O) groups excluding carboxylic acids is 1. The summed E-state index contributed by atoms with van der Waals surface area (Å²) in [5, 5.41) is 0.